The van der Waals surface area contributed by atoms with E-state index in [4.69, 9.17) is 5.53 Å². The zero-order valence-electron chi connectivity index (χ0n) is 10.0. The maximum Gasteiger partial charge on any atom is 0.220 e. The van der Waals surface area contributed by atoms with E-state index in [0.29, 0.717) is 24.9 Å². The molecule has 2 unspecified atom stereocenters. The fourth-order valence-electron chi connectivity index (χ4n) is 2.80. The Kier molecular flexibility index (Phi) is 4.23. The Morgan fingerprint density at radius 2 is 2.41 bits per heavy atom. The van der Waals surface area contributed by atoms with Crippen LogP contribution in [0.25, 0.3) is 10.4 Å². The summed E-state index contributed by atoms with van der Waals surface area (Å²) >= 11 is 0. The van der Waals surface area contributed by atoms with Gasteiger partial charge in [-0.05, 0) is 37.3 Å². The topological polar surface area (TPSA) is 81.1 Å². The molecule has 94 valence electrons. The number of hydrogen-bond donors (Lipinski definition) is 1. The molecular weight excluding hydrogens is 218 g/mol. The predicted molar refractivity (Wildman–Crippen MR) is 64.3 cm³/mol. The SMILES string of the molecule is [N-]=[N+]=NCCCN1CCC2NC(=O)CCC2C1. The summed E-state index contributed by atoms with van der Waals surface area (Å²) in [6.45, 7) is 3.69. The summed E-state index contributed by atoms with van der Waals surface area (Å²) in [6, 6.07) is 0.393. The van der Waals surface area contributed by atoms with E-state index in [-0.39, 0.29) is 5.91 Å². The first kappa shape index (κ1) is 12.2. The van der Waals surface area contributed by atoms with E-state index < -0.39 is 0 Å². The first-order chi connectivity index (χ1) is 8.29. The summed E-state index contributed by atoms with van der Waals surface area (Å²) in [4.78, 5) is 16.4. The number of piperidine rings is 2. The summed E-state index contributed by atoms with van der Waals surface area (Å²) in [5, 5.41) is 6.63. The third-order valence-electron chi connectivity index (χ3n) is 3.70. The van der Waals surface area contributed by atoms with Gasteiger partial charge in [-0.25, -0.2) is 0 Å². The predicted octanol–water partition coefficient (Wildman–Crippen LogP) is 1.29. The van der Waals surface area contributed by atoms with Gasteiger partial charge in [-0.1, -0.05) is 5.11 Å². The van der Waals surface area contributed by atoms with Crippen LogP contribution < -0.4 is 5.32 Å². The van der Waals surface area contributed by atoms with Crippen LogP contribution in [0, 0.1) is 5.92 Å². The van der Waals surface area contributed by atoms with E-state index >= 15 is 0 Å². The van der Waals surface area contributed by atoms with Crippen LogP contribution in [0.15, 0.2) is 5.11 Å². The fraction of sp³-hybridized carbons (Fsp3) is 0.909. The molecule has 1 N–H and O–H groups in total. The van der Waals surface area contributed by atoms with Crippen molar-refractivity contribution in [1.82, 2.24) is 10.2 Å². The van der Waals surface area contributed by atoms with E-state index in [1.807, 2.05) is 0 Å². The number of carbonyl (C=O) groups excluding carboxylic acids is 1. The normalized spacial score (nSPS) is 29.1. The summed E-state index contributed by atoms with van der Waals surface area (Å²) in [5.41, 5.74) is 8.19. The number of hydrogen-bond acceptors (Lipinski definition) is 3. The largest absolute Gasteiger partial charge is 0.353 e. The van der Waals surface area contributed by atoms with Crippen molar-refractivity contribution in [3.8, 4) is 0 Å². The number of rotatable bonds is 4. The number of fused-ring (bicyclic) bond motifs is 1. The monoisotopic (exact) mass is 237 g/mol. The van der Waals surface area contributed by atoms with Crippen molar-refractivity contribution in [2.45, 2.75) is 31.7 Å². The Morgan fingerprint density at radius 1 is 1.53 bits per heavy atom. The highest BCUT2D eigenvalue weighted by molar-refractivity contribution is 5.77. The number of nitrogens with one attached hydrogen (secondary N) is 1. The molecule has 0 spiro atoms. The second-order valence-electron chi connectivity index (χ2n) is 4.87. The van der Waals surface area contributed by atoms with Crippen LogP contribution in [0.3, 0.4) is 0 Å². The van der Waals surface area contributed by atoms with Gasteiger partial charge in [0.25, 0.3) is 0 Å². The minimum Gasteiger partial charge on any atom is -0.353 e. The van der Waals surface area contributed by atoms with E-state index in [1.54, 1.807) is 0 Å². The van der Waals surface area contributed by atoms with Crippen LogP contribution in [0.5, 0.6) is 0 Å². The molecule has 2 heterocycles. The second-order valence-corrected chi connectivity index (χ2v) is 4.87. The number of amides is 1. The Bertz CT molecular complexity index is 326. The average molecular weight is 237 g/mol. The van der Waals surface area contributed by atoms with Crippen molar-refractivity contribution in [2.24, 2.45) is 11.0 Å². The molecular formula is C11H19N5O. The fourth-order valence-corrected chi connectivity index (χ4v) is 2.80. The van der Waals surface area contributed by atoms with Gasteiger partial charge in [0.1, 0.15) is 0 Å². The minimum atomic E-state index is 0.211. The lowest BCUT2D eigenvalue weighted by atomic mass is 9.85. The quantitative estimate of drug-likeness (QED) is 0.346. The third kappa shape index (κ3) is 3.35. The molecule has 0 saturated carbocycles. The van der Waals surface area contributed by atoms with Crippen LogP contribution in [0.4, 0.5) is 0 Å². The van der Waals surface area contributed by atoms with Crippen LogP contribution >= 0.6 is 0 Å². The Morgan fingerprint density at radius 3 is 3.24 bits per heavy atom. The van der Waals surface area contributed by atoms with Crippen LogP contribution in [-0.4, -0.2) is 43.0 Å². The van der Waals surface area contributed by atoms with Gasteiger partial charge >= 0.3 is 0 Å². The molecule has 2 atom stereocenters. The van der Waals surface area contributed by atoms with Gasteiger partial charge in [-0.2, -0.15) is 0 Å². The van der Waals surface area contributed by atoms with Gasteiger partial charge in [-0.3, -0.25) is 4.79 Å². The molecule has 2 rings (SSSR count). The standard InChI is InChI=1S/C11H19N5O/c12-15-13-5-1-6-16-7-4-10-9(8-16)2-3-11(17)14-10/h9-10H,1-8H2,(H,14,17). The molecule has 0 aromatic heterocycles. The van der Waals surface area contributed by atoms with E-state index in [0.717, 1.165) is 38.9 Å². The first-order valence-corrected chi connectivity index (χ1v) is 6.32. The molecule has 1 amide bonds. The van der Waals surface area contributed by atoms with E-state index in [2.05, 4.69) is 20.2 Å². The molecule has 0 aromatic carbocycles. The number of carbonyl (C=O) groups is 1. The molecule has 0 bridgehead atoms. The molecule has 2 aliphatic heterocycles. The van der Waals surface area contributed by atoms with Gasteiger partial charge in [-0.15, -0.1) is 0 Å². The second kappa shape index (κ2) is 5.89. The summed E-state index contributed by atoms with van der Waals surface area (Å²) in [5.74, 6) is 0.823. The molecule has 6 nitrogen and oxygen atoms in total. The molecule has 2 saturated heterocycles. The van der Waals surface area contributed by atoms with Crippen molar-refractivity contribution in [2.75, 3.05) is 26.2 Å². The molecule has 6 heteroatoms. The highest BCUT2D eigenvalue weighted by Gasteiger charge is 2.33. The van der Waals surface area contributed by atoms with Crippen molar-refractivity contribution < 1.29 is 4.79 Å². The van der Waals surface area contributed by atoms with Crippen molar-refractivity contribution in [3.05, 3.63) is 10.4 Å². The smallest absolute Gasteiger partial charge is 0.220 e. The number of likely N-dealkylation sites (tertiary alicyclic amines) is 1. The van der Waals surface area contributed by atoms with Crippen LogP contribution in [0.2, 0.25) is 0 Å². The lowest BCUT2D eigenvalue weighted by Crippen LogP contribution is -2.54. The molecule has 0 aromatic rings. The average Bonchev–Trinajstić information content (AvgIpc) is 2.35. The maximum absolute atomic E-state index is 11.3. The van der Waals surface area contributed by atoms with Gasteiger partial charge in [0, 0.05) is 37.0 Å². The minimum absolute atomic E-state index is 0.211. The number of azide groups is 1. The van der Waals surface area contributed by atoms with Crippen LogP contribution in [-0.2, 0) is 4.79 Å². The van der Waals surface area contributed by atoms with Crippen molar-refractivity contribution in [3.63, 3.8) is 0 Å². The van der Waals surface area contributed by atoms with Crippen molar-refractivity contribution >= 4 is 5.91 Å². The Balaban J connectivity index is 1.74. The molecule has 0 radical (unpaired) electrons. The van der Waals surface area contributed by atoms with Crippen molar-refractivity contribution in [1.29, 1.82) is 0 Å². The Hall–Kier alpha value is -1.26. The number of nitrogens with zero attached hydrogens (tertiary/aromatic N) is 4. The van der Waals surface area contributed by atoms with Gasteiger partial charge in [0.05, 0.1) is 0 Å². The van der Waals surface area contributed by atoms with E-state index in [1.165, 1.54) is 0 Å². The summed E-state index contributed by atoms with van der Waals surface area (Å²) in [7, 11) is 0. The van der Waals surface area contributed by atoms with E-state index in [9.17, 15) is 4.79 Å². The molecule has 2 fully saturated rings. The molecule has 0 aliphatic carbocycles. The zero-order chi connectivity index (χ0) is 12.1. The maximum atomic E-state index is 11.3. The highest BCUT2D eigenvalue weighted by atomic mass is 16.1. The third-order valence-corrected chi connectivity index (χ3v) is 3.70. The first-order valence-electron chi connectivity index (χ1n) is 6.32. The highest BCUT2D eigenvalue weighted by Crippen LogP contribution is 2.25. The Labute approximate surface area is 101 Å². The molecule has 2 aliphatic rings. The lowest BCUT2D eigenvalue weighted by Gasteiger charge is -2.41. The van der Waals surface area contributed by atoms with Gasteiger partial charge in [0.15, 0.2) is 0 Å². The van der Waals surface area contributed by atoms with Crippen LogP contribution in [0.1, 0.15) is 25.7 Å². The van der Waals surface area contributed by atoms with Gasteiger partial charge < -0.3 is 10.2 Å². The summed E-state index contributed by atoms with van der Waals surface area (Å²) < 4.78 is 0. The lowest BCUT2D eigenvalue weighted by molar-refractivity contribution is -0.125. The van der Waals surface area contributed by atoms with Gasteiger partial charge in [0.2, 0.25) is 5.91 Å². The zero-order valence-corrected chi connectivity index (χ0v) is 10.0. The molecule has 17 heavy (non-hydrogen) atoms. The summed E-state index contributed by atoms with van der Waals surface area (Å²) in [6.07, 6.45) is 3.67.